The minimum atomic E-state index is -4.29. The molecule has 1 heterocycles. The molecule has 0 bridgehead atoms. The Labute approximate surface area is 117 Å². The van der Waals surface area contributed by atoms with Gasteiger partial charge in [0.15, 0.2) is 0 Å². The van der Waals surface area contributed by atoms with Gasteiger partial charge < -0.3 is 10.6 Å². The van der Waals surface area contributed by atoms with Gasteiger partial charge in [-0.15, -0.1) is 0 Å². The summed E-state index contributed by atoms with van der Waals surface area (Å²) in [6.07, 6.45) is -1.04. The van der Waals surface area contributed by atoms with Gasteiger partial charge in [0.05, 0.1) is 5.56 Å². The standard InChI is InChI=1S/C15H21F3N2/c1-10-5-6-12(15(16,17)18)9-14(10)20-11(2)8-13-4-3-7-19-13/h5-6,9,11,13,19-20H,3-4,7-8H2,1-2H3. The van der Waals surface area contributed by atoms with Crippen LogP contribution in [-0.2, 0) is 6.18 Å². The van der Waals surface area contributed by atoms with Crippen molar-refractivity contribution in [1.29, 1.82) is 0 Å². The molecule has 1 aliphatic heterocycles. The average molecular weight is 286 g/mol. The van der Waals surface area contributed by atoms with Crippen LogP contribution in [0.25, 0.3) is 0 Å². The maximum absolute atomic E-state index is 12.7. The second-order valence-electron chi connectivity index (χ2n) is 5.60. The van der Waals surface area contributed by atoms with E-state index in [4.69, 9.17) is 0 Å². The van der Waals surface area contributed by atoms with Gasteiger partial charge in [0.2, 0.25) is 0 Å². The first kappa shape index (κ1) is 15.2. The summed E-state index contributed by atoms with van der Waals surface area (Å²) in [5, 5.41) is 6.61. The lowest BCUT2D eigenvalue weighted by molar-refractivity contribution is -0.137. The Morgan fingerprint density at radius 1 is 1.40 bits per heavy atom. The van der Waals surface area contributed by atoms with E-state index in [-0.39, 0.29) is 6.04 Å². The smallest absolute Gasteiger partial charge is 0.382 e. The zero-order chi connectivity index (χ0) is 14.8. The van der Waals surface area contributed by atoms with Crippen LogP contribution in [-0.4, -0.2) is 18.6 Å². The lowest BCUT2D eigenvalue weighted by Crippen LogP contribution is -2.29. The number of benzene rings is 1. The van der Waals surface area contributed by atoms with Gasteiger partial charge >= 0.3 is 6.18 Å². The number of nitrogens with one attached hydrogen (secondary N) is 2. The van der Waals surface area contributed by atoms with Crippen molar-refractivity contribution in [1.82, 2.24) is 5.32 Å². The van der Waals surface area contributed by atoms with Gasteiger partial charge in [-0.25, -0.2) is 0 Å². The van der Waals surface area contributed by atoms with Crippen LogP contribution in [0, 0.1) is 6.92 Å². The fourth-order valence-corrected chi connectivity index (χ4v) is 2.66. The molecule has 5 heteroatoms. The highest BCUT2D eigenvalue weighted by Crippen LogP contribution is 2.32. The number of halogens is 3. The number of anilines is 1. The Hall–Kier alpha value is -1.23. The van der Waals surface area contributed by atoms with Crippen molar-refractivity contribution in [3.05, 3.63) is 29.3 Å². The molecule has 2 N–H and O–H groups in total. The third-order valence-electron chi connectivity index (χ3n) is 3.77. The normalized spacial score (nSPS) is 20.9. The van der Waals surface area contributed by atoms with E-state index in [0.717, 1.165) is 31.0 Å². The van der Waals surface area contributed by atoms with Crippen LogP contribution in [0.4, 0.5) is 18.9 Å². The maximum atomic E-state index is 12.7. The Kier molecular flexibility index (Phi) is 4.58. The van der Waals surface area contributed by atoms with E-state index in [1.54, 1.807) is 0 Å². The van der Waals surface area contributed by atoms with Crippen LogP contribution in [0.3, 0.4) is 0 Å². The Morgan fingerprint density at radius 3 is 2.75 bits per heavy atom. The molecule has 1 saturated heterocycles. The van der Waals surface area contributed by atoms with Crippen molar-refractivity contribution in [2.75, 3.05) is 11.9 Å². The van der Waals surface area contributed by atoms with Crippen molar-refractivity contribution in [2.24, 2.45) is 0 Å². The molecule has 2 rings (SSSR count). The van der Waals surface area contributed by atoms with Gasteiger partial charge in [0, 0.05) is 17.8 Å². The van der Waals surface area contributed by atoms with Crippen LogP contribution in [0.5, 0.6) is 0 Å². The number of alkyl halides is 3. The summed E-state index contributed by atoms with van der Waals surface area (Å²) in [6, 6.07) is 4.47. The lowest BCUT2D eigenvalue weighted by atomic mass is 10.0. The minimum Gasteiger partial charge on any atom is -0.382 e. The summed E-state index contributed by atoms with van der Waals surface area (Å²) in [6.45, 7) is 4.88. The lowest BCUT2D eigenvalue weighted by Gasteiger charge is -2.21. The fourth-order valence-electron chi connectivity index (χ4n) is 2.66. The SMILES string of the molecule is Cc1ccc(C(F)(F)F)cc1NC(C)CC1CCCN1. The Bertz CT molecular complexity index is 451. The molecule has 2 atom stereocenters. The summed E-state index contributed by atoms with van der Waals surface area (Å²) in [7, 11) is 0. The number of hydrogen-bond donors (Lipinski definition) is 2. The molecule has 2 unspecified atom stereocenters. The molecule has 0 amide bonds. The zero-order valence-corrected chi connectivity index (χ0v) is 11.8. The quantitative estimate of drug-likeness (QED) is 0.875. The summed E-state index contributed by atoms with van der Waals surface area (Å²) in [5.41, 5.74) is 0.811. The molecule has 0 spiro atoms. The molecule has 0 aliphatic carbocycles. The second-order valence-corrected chi connectivity index (χ2v) is 5.60. The molecule has 0 saturated carbocycles. The van der Waals surface area contributed by atoms with E-state index < -0.39 is 11.7 Å². The van der Waals surface area contributed by atoms with Crippen molar-refractivity contribution in [3.8, 4) is 0 Å². The predicted octanol–water partition coefficient (Wildman–Crippen LogP) is 3.96. The topological polar surface area (TPSA) is 24.1 Å². The van der Waals surface area contributed by atoms with Gasteiger partial charge in [-0.1, -0.05) is 6.07 Å². The van der Waals surface area contributed by atoms with Crippen molar-refractivity contribution in [3.63, 3.8) is 0 Å². The molecule has 0 aromatic heterocycles. The van der Waals surface area contributed by atoms with Crippen LogP contribution in [0.15, 0.2) is 18.2 Å². The van der Waals surface area contributed by atoms with Crippen LogP contribution in [0.2, 0.25) is 0 Å². The summed E-state index contributed by atoms with van der Waals surface area (Å²) >= 11 is 0. The van der Waals surface area contributed by atoms with Crippen LogP contribution >= 0.6 is 0 Å². The van der Waals surface area contributed by atoms with Crippen molar-refractivity contribution >= 4 is 5.69 Å². The molecule has 1 aliphatic rings. The number of hydrogen-bond acceptors (Lipinski definition) is 2. The number of rotatable bonds is 4. The van der Waals surface area contributed by atoms with Gasteiger partial charge in [-0.3, -0.25) is 0 Å². The van der Waals surface area contributed by atoms with Crippen molar-refractivity contribution in [2.45, 2.75) is 51.4 Å². The van der Waals surface area contributed by atoms with E-state index >= 15 is 0 Å². The fraction of sp³-hybridized carbons (Fsp3) is 0.600. The third kappa shape index (κ3) is 3.88. The highest BCUT2D eigenvalue weighted by atomic mass is 19.4. The van der Waals surface area contributed by atoms with Gasteiger partial charge in [0.1, 0.15) is 0 Å². The zero-order valence-electron chi connectivity index (χ0n) is 11.8. The molecule has 0 radical (unpaired) electrons. The van der Waals surface area contributed by atoms with Crippen molar-refractivity contribution < 1.29 is 13.2 Å². The molecule has 1 aromatic carbocycles. The molecular formula is C15H21F3N2. The molecule has 20 heavy (non-hydrogen) atoms. The Morgan fingerprint density at radius 2 is 2.15 bits per heavy atom. The van der Waals surface area contributed by atoms with Gasteiger partial charge in [-0.05, 0) is 57.4 Å². The highest BCUT2D eigenvalue weighted by Gasteiger charge is 2.31. The third-order valence-corrected chi connectivity index (χ3v) is 3.77. The maximum Gasteiger partial charge on any atom is 0.416 e. The van der Waals surface area contributed by atoms with E-state index in [1.807, 2.05) is 13.8 Å². The van der Waals surface area contributed by atoms with Crippen LogP contribution < -0.4 is 10.6 Å². The van der Waals surface area contributed by atoms with E-state index in [2.05, 4.69) is 10.6 Å². The van der Waals surface area contributed by atoms with Gasteiger partial charge in [0.25, 0.3) is 0 Å². The second kappa shape index (κ2) is 6.04. The molecule has 112 valence electrons. The molecular weight excluding hydrogens is 265 g/mol. The number of aryl methyl sites for hydroxylation is 1. The first-order valence-electron chi connectivity index (χ1n) is 7.04. The summed E-state index contributed by atoms with van der Waals surface area (Å²) in [5.74, 6) is 0. The predicted molar refractivity (Wildman–Crippen MR) is 74.9 cm³/mol. The first-order chi connectivity index (χ1) is 9.36. The van der Waals surface area contributed by atoms with Gasteiger partial charge in [-0.2, -0.15) is 13.2 Å². The highest BCUT2D eigenvalue weighted by molar-refractivity contribution is 5.53. The summed E-state index contributed by atoms with van der Waals surface area (Å²) < 4.78 is 38.2. The van der Waals surface area contributed by atoms with E-state index in [9.17, 15) is 13.2 Å². The Balaban J connectivity index is 2.03. The monoisotopic (exact) mass is 286 g/mol. The van der Waals surface area contributed by atoms with E-state index in [1.165, 1.54) is 18.6 Å². The van der Waals surface area contributed by atoms with Crippen LogP contribution in [0.1, 0.15) is 37.3 Å². The molecule has 1 aromatic rings. The largest absolute Gasteiger partial charge is 0.416 e. The van der Waals surface area contributed by atoms with E-state index in [0.29, 0.717) is 11.7 Å². The molecule has 2 nitrogen and oxygen atoms in total. The first-order valence-corrected chi connectivity index (χ1v) is 7.04. The minimum absolute atomic E-state index is 0.146. The summed E-state index contributed by atoms with van der Waals surface area (Å²) in [4.78, 5) is 0. The average Bonchev–Trinajstić information content (AvgIpc) is 2.83. The molecule has 1 fully saturated rings.